The van der Waals surface area contributed by atoms with Crippen LogP contribution in [0.5, 0.6) is 0 Å². The van der Waals surface area contributed by atoms with Gasteiger partial charge >= 0.3 is 39.5 Å². The lowest BCUT2D eigenvalue weighted by Gasteiger charge is -2.21. The summed E-state index contributed by atoms with van der Waals surface area (Å²) in [4.78, 5) is 72.8. The van der Waals surface area contributed by atoms with E-state index >= 15 is 0 Å². The van der Waals surface area contributed by atoms with Crippen LogP contribution in [0.4, 0.5) is 0 Å². The summed E-state index contributed by atoms with van der Waals surface area (Å²) in [6.45, 7) is 4.80. The molecule has 0 aromatic carbocycles. The smallest absolute Gasteiger partial charge is 0.462 e. The fraction of sp³-hybridized carbons (Fsp3) is 0.844. The SMILES string of the molecule is CC/C=C\C/C=C\C/C=C\CCCCCCCCCC(=O)OCC(COP(=O)(O)OCC(O)COP(=O)(O)OCC(COC(=O)CCCCCCC/C=C\CCCCCCCC)OC(=O)CCCCCCCCCCCCCCC)OC(=O)CCCCCCCCCCCCC. The Balaban J connectivity index is 5.27. The van der Waals surface area contributed by atoms with Gasteiger partial charge in [0.1, 0.15) is 19.3 Å². The Kier molecular flexibility index (Phi) is 68.3. The maximum atomic E-state index is 13.1. The first kappa shape index (κ1) is 93.0. The molecule has 0 aliphatic carbocycles. The van der Waals surface area contributed by atoms with E-state index in [0.717, 1.165) is 154 Å². The molecule has 0 amide bonds. The lowest BCUT2D eigenvalue weighted by Crippen LogP contribution is -2.30. The van der Waals surface area contributed by atoms with Crippen LogP contribution in [-0.2, 0) is 65.4 Å². The van der Waals surface area contributed by atoms with Crippen molar-refractivity contribution in [3.8, 4) is 0 Å². The molecule has 0 spiro atoms. The van der Waals surface area contributed by atoms with E-state index in [9.17, 15) is 43.2 Å². The molecule has 0 radical (unpaired) electrons. The molecule has 17 nitrogen and oxygen atoms in total. The third kappa shape index (κ3) is 69.5. The third-order valence-electron chi connectivity index (χ3n) is 16.8. The Morgan fingerprint density at radius 3 is 0.844 bits per heavy atom. The number of ether oxygens (including phenoxy) is 4. The highest BCUT2D eigenvalue weighted by molar-refractivity contribution is 7.47. The minimum atomic E-state index is -4.96. The van der Waals surface area contributed by atoms with Gasteiger partial charge < -0.3 is 33.8 Å². The van der Waals surface area contributed by atoms with Crippen LogP contribution >= 0.6 is 15.6 Å². The molecule has 562 valence electrons. The Morgan fingerprint density at radius 2 is 0.542 bits per heavy atom. The van der Waals surface area contributed by atoms with Crippen LogP contribution in [0.3, 0.4) is 0 Å². The first-order valence-corrected chi connectivity index (χ1v) is 41.9. The third-order valence-corrected chi connectivity index (χ3v) is 18.7. The molecular formula is C77H142O17P2. The van der Waals surface area contributed by atoms with Crippen molar-refractivity contribution in [1.82, 2.24) is 0 Å². The summed E-state index contributed by atoms with van der Waals surface area (Å²) in [5, 5.41) is 10.6. The highest BCUT2D eigenvalue weighted by atomic mass is 31.2. The number of unbranched alkanes of at least 4 members (excludes halogenated alkanes) is 40. The number of aliphatic hydroxyl groups excluding tert-OH is 1. The van der Waals surface area contributed by atoms with E-state index in [-0.39, 0.29) is 25.7 Å². The molecule has 5 unspecified atom stereocenters. The minimum absolute atomic E-state index is 0.0994. The molecule has 0 aromatic heterocycles. The van der Waals surface area contributed by atoms with Crippen LogP contribution in [0.1, 0.15) is 362 Å². The summed E-state index contributed by atoms with van der Waals surface area (Å²) in [5.41, 5.74) is 0. The topological polar surface area (TPSA) is 237 Å². The zero-order valence-electron chi connectivity index (χ0n) is 61.3. The molecule has 0 saturated heterocycles. The van der Waals surface area contributed by atoms with Gasteiger partial charge in [-0.2, -0.15) is 0 Å². The molecular weight excluding hydrogens is 1260 g/mol. The number of hydrogen-bond acceptors (Lipinski definition) is 15. The number of aliphatic hydroxyl groups is 1. The number of hydrogen-bond donors (Lipinski definition) is 3. The second kappa shape index (κ2) is 70.5. The summed E-state index contributed by atoms with van der Waals surface area (Å²) >= 11 is 0. The number of allylic oxidation sites excluding steroid dienone is 8. The molecule has 0 heterocycles. The maximum Gasteiger partial charge on any atom is 0.472 e. The molecule has 0 saturated carbocycles. The lowest BCUT2D eigenvalue weighted by atomic mass is 10.0. The zero-order valence-corrected chi connectivity index (χ0v) is 63.1. The van der Waals surface area contributed by atoms with E-state index in [1.54, 1.807) is 0 Å². The molecule has 0 rings (SSSR count). The summed E-state index contributed by atoms with van der Waals surface area (Å²) in [7, 11) is -9.93. The number of carbonyl (C=O) groups is 4. The second-order valence-electron chi connectivity index (χ2n) is 26.3. The van der Waals surface area contributed by atoms with Crippen LogP contribution in [0.25, 0.3) is 0 Å². The van der Waals surface area contributed by atoms with Gasteiger partial charge in [0.2, 0.25) is 0 Å². The van der Waals surface area contributed by atoms with Gasteiger partial charge in [0.25, 0.3) is 0 Å². The molecule has 96 heavy (non-hydrogen) atoms. The van der Waals surface area contributed by atoms with E-state index < -0.39 is 97.5 Å². The number of carbonyl (C=O) groups excluding carboxylic acids is 4. The summed E-state index contributed by atoms with van der Waals surface area (Å²) < 4.78 is 68.5. The van der Waals surface area contributed by atoms with Gasteiger partial charge in [-0.1, -0.05) is 301 Å². The van der Waals surface area contributed by atoms with Crippen LogP contribution in [0.15, 0.2) is 48.6 Å². The van der Waals surface area contributed by atoms with Crippen LogP contribution in [0, 0.1) is 0 Å². The van der Waals surface area contributed by atoms with Gasteiger partial charge in [-0.05, 0) is 83.5 Å². The molecule has 3 N–H and O–H groups in total. The molecule has 5 atom stereocenters. The average molecular weight is 1400 g/mol. The monoisotopic (exact) mass is 1400 g/mol. The largest absolute Gasteiger partial charge is 0.472 e. The van der Waals surface area contributed by atoms with Gasteiger partial charge in [0.05, 0.1) is 26.4 Å². The van der Waals surface area contributed by atoms with Crippen molar-refractivity contribution in [1.29, 1.82) is 0 Å². The maximum absolute atomic E-state index is 13.1. The Hall–Kier alpha value is -2.98. The van der Waals surface area contributed by atoms with Crippen LogP contribution < -0.4 is 0 Å². The van der Waals surface area contributed by atoms with E-state index in [1.807, 2.05) is 0 Å². The first-order valence-electron chi connectivity index (χ1n) is 38.9. The molecule has 19 heteroatoms. The van der Waals surface area contributed by atoms with Crippen LogP contribution in [0.2, 0.25) is 0 Å². The van der Waals surface area contributed by atoms with Gasteiger partial charge in [0.15, 0.2) is 12.2 Å². The number of rotatable bonds is 74. The van der Waals surface area contributed by atoms with Crippen molar-refractivity contribution in [2.45, 2.75) is 380 Å². The Bertz CT molecular complexity index is 2010. The summed E-state index contributed by atoms with van der Waals surface area (Å²) in [5.74, 6) is -2.16. The van der Waals surface area contributed by atoms with E-state index in [0.29, 0.717) is 25.7 Å². The fourth-order valence-corrected chi connectivity index (χ4v) is 12.5. The molecule has 0 aliphatic heterocycles. The number of phosphoric ester groups is 2. The summed E-state index contributed by atoms with van der Waals surface area (Å²) in [6, 6.07) is 0. The Morgan fingerprint density at radius 1 is 0.302 bits per heavy atom. The van der Waals surface area contributed by atoms with E-state index in [2.05, 4.69) is 76.3 Å². The predicted octanol–water partition coefficient (Wildman–Crippen LogP) is 22.1. The van der Waals surface area contributed by atoms with Gasteiger partial charge in [-0.25, -0.2) is 9.13 Å². The highest BCUT2D eigenvalue weighted by Crippen LogP contribution is 2.45. The van der Waals surface area contributed by atoms with Crippen molar-refractivity contribution >= 4 is 39.5 Å². The second-order valence-corrected chi connectivity index (χ2v) is 29.2. The van der Waals surface area contributed by atoms with Crippen LogP contribution in [-0.4, -0.2) is 96.7 Å². The normalized spacial score (nSPS) is 14.2. The quantitative estimate of drug-likeness (QED) is 0.0169. The van der Waals surface area contributed by atoms with Crippen molar-refractivity contribution in [2.75, 3.05) is 39.6 Å². The van der Waals surface area contributed by atoms with Gasteiger partial charge in [-0.15, -0.1) is 0 Å². The average Bonchev–Trinajstić information content (AvgIpc) is 1.13. The van der Waals surface area contributed by atoms with Crippen molar-refractivity contribution in [2.24, 2.45) is 0 Å². The minimum Gasteiger partial charge on any atom is -0.462 e. The van der Waals surface area contributed by atoms with Crippen molar-refractivity contribution < 1.29 is 80.2 Å². The molecule has 0 aliphatic rings. The predicted molar refractivity (Wildman–Crippen MR) is 390 cm³/mol. The van der Waals surface area contributed by atoms with Crippen molar-refractivity contribution in [3.63, 3.8) is 0 Å². The molecule has 0 fully saturated rings. The van der Waals surface area contributed by atoms with Crippen molar-refractivity contribution in [3.05, 3.63) is 48.6 Å². The standard InChI is InChI=1S/C77H142O17P2/c1-5-9-13-17-21-25-29-32-34-35-37-40-43-46-50-54-58-62-75(80)87-67-72(93-76(81)63-59-55-51-47-41-28-24-20-16-12-8-4)69-91-95(83,84)89-65-71(78)66-90-96(85,86)92-70-73(94-77(82)64-60-56-52-48-44-38-31-27-23-19-15-11-7-3)68-88-74(79)61-57-53-49-45-42-39-36-33-30-26-22-18-14-10-6-2/h9,13,21,25,32-34,36,71-73,78H,5-8,10-12,14-20,22-24,26-31,35,37-70H2,1-4H3,(H,83,84)(H,85,86)/b13-9-,25-21-,34-32-,36-33-. The van der Waals surface area contributed by atoms with Gasteiger partial charge in [-0.3, -0.25) is 37.3 Å². The molecule has 0 bridgehead atoms. The lowest BCUT2D eigenvalue weighted by molar-refractivity contribution is -0.161. The van der Waals surface area contributed by atoms with E-state index in [4.69, 9.17) is 37.0 Å². The first-order chi connectivity index (χ1) is 46.7. The summed E-state index contributed by atoms with van der Waals surface area (Å²) in [6.07, 6.45) is 66.7. The zero-order chi connectivity index (χ0) is 70.4. The molecule has 0 aromatic rings. The van der Waals surface area contributed by atoms with E-state index in [1.165, 1.54) is 128 Å². The fourth-order valence-electron chi connectivity index (χ4n) is 10.9. The number of phosphoric acid groups is 2. The Labute approximate surface area is 585 Å². The van der Waals surface area contributed by atoms with Gasteiger partial charge in [0, 0.05) is 25.7 Å². The number of esters is 4. The highest BCUT2D eigenvalue weighted by Gasteiger charge is 2.30.